The van der Waals surface area contributed by atoms with Gasteiger partial charge < -0.3 is 24.6 Å². The number of hydrogen-bond donors (Lipinski definition) is 3. The van der Waals surface area contributed by atoms with Crippen LogP contribution in [0.1, 0.15) is 5.56 Å². The van der Waals surface area contributed by atoms with Gasteiger partial charge in [-0.15, -0.1) is 0 Å². The maximum atomic E-state index is 10.0. The van der Waals surface area contributed by atoms with E-state index >= 15 is 0 Å². The van der Waals surface area contributed by atoms with Crippen molar-refractivity contribution in [3.8, 4) is 0 Å². The van der Waals surface area contributed by atoms with Gasteiger partial charge in [0.05, 0.1) is 6.61 Å². The molecular weight excluding hydrogens is 282 g/mol. The van der Waals surface area contributed by atoms with Gasteiger partial charge in [0.1, 0.15) is 5.82 Å². The highest BCUT2D eigenvalue weighted by atomic mass is 16.5. The number of pyridine rings is 1. The fourth-order valence-corrected chi connectivity index (χ4v) is 1.99. The number of anilines is 1. The van der Waals surface area contributed by atoms with Crippen LogP contribution in [0.15, 0.2) is 42.6 Å². The first-order chi connectivity index (χ1) is 10.5. The second-order valence-electron chi connectivity index (χ2n) is 5.08. The van der Waals surface area contributed by atoms with Gasteiger partial charge in [0.2, 0.25) is 0 Å². The summed E-state index contributed by atoms with van der Waals surface area (Å²) in [5, 5.41) is 28.6. The van der Waals surface area contributed by atoms with E-state index in [1.165, 1.54) is 0 Å². The van der Waals surface area contributed by atoms with Crippen LogP contribution in [0.2, 0.25) is 0 Å². The number of hydrogen-bond acceptors (Lipinski definition) is 6. The van der Waals surface area contributed by atoms with E-state index < -0.39 is 14.2 Å². The Kier molecular flexibility index (Phi) is 5.57. The predicted molar refractivity (Wildman–Crippen MR) is 87.2 cm³/mol. The summed E-state index contributed by atoms with van der Waals surface area (Å²) in [6, 6.07) is 10.3. The van der Waals surface area contributed by atoms with Crippen molar-refractivity contribution < 1.29 is 19.7 Å². The zero-order chi connectivity index (χ0) is 16.1. The lowest BCUT2D eigenvalue weighted by atomic mass is 9.76. The Morgan fingerprint density at radius 1 is 1.09 bits per heavy atom. The van der Waals surface area contributed by atoms with Crippen molar-refractivity contribution in [1.29, 1.82) is 0 Å². The van der Waals surface area contributed by atoms with Gasteiger partial charge in [0.15, 0.2) is 0 Å². The molecule has 0 bridgehead atoms. The van der Waals surface area contributed by atoms with Crippen LogP contribution in [0.3, 0.4) is 0 Å². The van der Waals surface area contributed by atoms with Crippen LogP contribution < -0.4 is 15.8 Å². The lowest BCUT2D eigenvalue weighted by molar-refractivity contribution is 0.259. The molecule has 1 aromatic heterocycles. The second kappa shape index (κ2) is 7.42. The van der Waals surface area contributed by atoms with Crippen LogP contribution >= 0.6 is 0 Å². The van der Waals surface area contributed by atoms with Crippen molar-refractivity contribution in [3.63, 3.8) is 0 Å². The minimum Gasteiger partial charge on any atom is -0.423 e. The number of benzene rings is 1. The Morgan fingerprint density at radius 3 is 2.41 bits per heavy atom. The molecule has 0 aliphatic heterocycles. The molecule has 0 saturated carbocycles. The van der Waals surface area contributed by atoms with Crippen LogP contribution in [-0.2, 0) is 11.3 Å². The zero-order valence-corrected chi connectivity index (χ0v) is 12.5. The molecule has 0 radical (unpaired) electrons. The van der Waals surface area contributed by atoms with Gasteiger partial charge in [0, 0.05) is 25.8 Å². The average Bonchev–Trinajstić information content (AvgIpc) is 2.52. The molecule has 0 atom stereocenters. The first kappa shape index (κ1) is 16.5. The Balaban J connectivity index is 2.02. The molecule has 0 aliphatic rings. The molecule has 22 heavy (non-hydrogen) atoms. The SMILES string of the molecule is CN(C)c1ccc(B(O)OCc2ccccc2B(O)O)cn1. The minimum atomic E-state index is -1.57. The number of rotatable bonds is 6. The van der Waals surface area contributed by atoms with Gasteiger partial charge in [-0.25, -0.2) is 4.98 Å². The summed E-state index contributed by atoms with van der Waals surface area (Å²) < 4.78 is 5.38. The third-order valence-corrected chi connectivity index (χ3v) is 3.24. The molecule has 0 saturated heterocycles. The summed E-state index contributed by atoms with van der Waals surface area (Å²) in [6.45, 7) is 0.0599. The Labute approximate surface area is 130 Å². The van der Waals surface area contributed by atoms with Gasteiger partial charge in [-0.3, -0.25) is 0 Å². The van der Waals surface area contributed by atoms with Crippen molar-refractivity contribution in [1.82, 2.24) is 4.98 Å². The van der Waals surface area contributed by atoms with Gasteiger partial charge in [-0.05, 0) is 17.1 Å². The fraction of sp³-hybridized carbons (Fsp3) is 0.214. The summed E-state index contributed by atoms with van der Waals surface area (Å²) >= 11 is 0. The highest BCUT2D eigenvalue weighted by Crippen LogP contribution is 2.04. The molecule has 0 fully saturated rings. The average molecular weight is 300 g/mol. The normalized spacial score (nSPS) is 10.4. The van der Waals surface area contributed by atoms with E-state index in [2.05, 4.69) is 4.98 Å². The molecular formula is C14H18B2N2O4. The number of aromatic nitrogens is 1. The van der Waals surface area contributed by atoms with E-state index in [0.717, 1.165) is 5.82 Å². The number of nitrogens with zero attached hydrogens (tertiary/aromatic N) is 2. The molecule has 0 unspecified atom stereocenters. The Hall–Kier alpha value is -1.86. The maximum absolute atomic E-state index is 10.0. The standard InChI is InChI=1S/C14H18B2N2O4/c1-18(2)14-8-7-12(9-17-14)16(21)22-10-11-5-3-4-6-13(11)15(19)20/h3-9,19-21H,10H2,1-2H3. The van der Waals surface area contributed by atoms with Crippen LogP contribution in [0.5, 0.6) is 0 Å². The van der Waals surface area contributed by atoms with Crippen LogP contribution in [0.4, 0.5) is 5.82 Å². The highest BCUT2D eigenvalue weighted by Gasteiger charge is 2.20. The second-order valence-corrected chi connectivity index (χ2v) is 5.08. The van der Waals surface area contributed by atoms with Gasteiger partial charge in [0.25, 0.3) is 0 Å². The fourth-order valence-electron chi connectivity index (χ4n) is 1.99. The molecule has 2 rings (SSSR count). The van der Waals surface area contributed by atoms with Crippen molar-refractivity contribution >= 4 is 31.0 Å². The molecule has 114 valence electrons. The van der Waals surface area contributed by atoms with Crippen LogP contribution in [0, 0.1) is 0 Å². The summed E-state index contributed by atoms with van der Waals surface area (Å²) in [6.07, 6.45) is 1.55. The van der Waals surface area contributed by atoms with E-state index in [4.69, 9.17) is 4.65 Å². The topological polar surface area (TPSA) is 86.1 Å². The third kappa shape index (κ3) is 4.08. The largest absolute Gasteiger partial charge is 0.492 e. The maximum Gasteiger partial charge on any atom is 0.492 e. The lowest BCUT2D eigenvalue weighted by Gasteiger charge is -2.13. The lowest BCUT2D eigenvalue weighted by Crippen LogP contribution is -2.37. The molecule has 3 N–H and O–H groups in total. The van der Waals surface area contributed by atoms with Gasteiger partial charge in [-0.2, -0.15) is 0 Å². The van der Waals surface area contributed by atoms with Gasteiger partial charge in [-0.1, -0.05) is 30.3 Å². The Bertz CT molecular complexity index is 608. The molecule has 0 amide bonds. The van der Waals surface area contributed by atoms with Crippen LogP contribution in [-0.4, -0.2) is 48.4 Å². The Morgan fingerprint density at radius 2 is 1.82 bits per heavy atom. The monoisotopic (exact) mass is 300 g/mol. The smallest absolute Gasteiger partial charge is 0.423 e. The summed E-state index contributed by atoms with van der Waals surface area (Å²) in [5.41, 5.74) is 1.50. The summed E-state index contributed by atoms with van der Waals surface area (Å²) in [4.78, 5) is 6.06. The first-order valence-corrected chi connectivity index (χ1v) is 6.86. The van der Waals surface area contributed by atoms with Crippen LogP contribution in [0.25, 0.3) is 0 Å². The minimum absolute atomic E-state index is 0.0599. The van der Waals surface area contributed by atoms with Crippen molar-refractivity contribution in [2.45, 2.75) is 6.61 Å². The van der Waals surface area contributed by atoms with E-state index in [0.29, 0.717) is 16.5 Å². The predicted octanol–water partition coefficient (Wildman–Crippen LogP) is -1.27. The first-order valence-electron chi connectivity index (χ1n) is 6.86. The summed E-state index contributed by atoms with van der Waals surface area (Å²) in [5.74, 6) is 0.782. The zero-order valence-electron chi connectivity index (χ0n) is 12.5. The molecule has 8 heteroatoms. The van der Waals surface area contributed by atoms with Crippen molar-refractivity contribution in [2.24, 2.45) is 0 Å². The van der Waals surface area contributed by atoms with Crippen molar-refractivity contribution in [3.05, 3.63) is 48.2 Å². The third-order valence-electron chi connectivity index (χ3n) is 3.24. The quantitative estimate of drug-likeness (QED) is 0.577. The van der Waals surface area contributed by atoms with E-state index in [1.54, 1.807) is 42.6 Å². The highest BCUT2D eigenvalue weighted by molar-refractivity contribution is 6.60. The molecule has 6 nitrogen and oxygen atoms in total. The molecule has 0 aliphatic carbocycles. The van der Waals surface area contributed by atoms with E-state index in [1.807, 2.05) is 19.0 Å². The van der Waals surface area contributed by atoms with E-state index in [-0.39, 0.29) is 6.61 Å². The molecule has 2 aromatic rings. The molecule has 1 heterocycles. The summed E-state index contributed by atoms with van der Waals surface area (Å²) in [7, 11) is 1.06. The molecule has 0 spiro atoms. The van der Waals surface area contributed by atoms with E-state index in [9.17, 15) is 15.1 Å². The van der Waals surface area contributed by atoms with Crippen molar-refractivity contribution in [2.75, 3.05) is 19.0 Å². The molecule has 1 aromatic carbocycles. The van der Waals surface area contributed by atoms with Gasteiger partial charge >= 0.3 is 14.2 Å².